The van der Waals surface area contributed by atoms with Crippen LogP contribution in [0.2, 0.25) is 0 Å². The maximum atomic E-state index is 11.9. The molecule has 1 rings (SSSR count). The summed E-state index contributed by atoms with van der Waals surface area (Å²) in [5.74, 6) is -0.352. The highest BCUT2D eigenvalue weighted by Gasteiger charge is 2.20. The van der Waals surface area contributed by atoms with Crippen molar-refractivity contribution >= 4 is 29.0 Å². The Morgan fingerprint density at radius 3 is 2.53 bits per heavy atom. The first-order valence-electron chi connectivity index (χ1n) is 5.72. The smallest absolute Gasteiger partial charge is 0.297 e. The van der Waals surface area contributed by atoms with Crippen LogP contribution in [0.15, 0.2) is 10.9 Å². The van der Waals surface area contributed by atoms with Crippen molar-refractivity contribution in [3.63, 3.8) is 0 Å². The Bertz CT molecular complexity index is 523. The molecule has 7 heteroatoms. The Labute approximate surface area is 120 Å². The van der Waals surface area contributed by atoms with Gasteiger partial charge in [0, 0.05) is 24.2 Å². The van der Waals surface area contributed by atoms with Gasteiger partial charge in [-0.25, -0.2) is 0 Å². The van der Waals surface area contributed by atoms with E-state index in [1.54, 1.807) is 0 Å². The fraction of sp³-hybridized carbons (Fsp3) is 0.500. The third kappa shape index (κ3) is 3.64. The van der Waals surface area contributed by atoms with Gasteiger partial charge in [0.1, 0.15) is 11.3 Å². The molecule has 19 heavy (non-hydrogen) atoms. The van der Waals surface area contributed by atoms with Gasteiger partial charge in [-0.2, -0.15) is 4.73 Å². The van der Waals surface area contributed by atoms with E-state index in [9.17, 15) is 19.9 Å². The van der Waals surface area contributed by atoms with Crippen LogP contribution in [0.25, 0.3) is 0 Å². The Balaban J connectivity index is 2.95. The number of ketones is 1. The second-order valence-electron chi connectivity index (χ2n) is 4.30. The normalized spacial score (nSPS) is 10.9. The molecule has 0 aliphatic rings. The molecule has 0 aromatic carbocycles. The monoisotopic (exact) mass is 307 g/mol. The third-order valence-electron chi connectivity index (χ3n) is 2.84. The van der Waals surface area contributed by atoms with Gasteiger partial charge >= 0.3 is 0 Å². The molecule has 0 fully saturated rings. The van der Waals surface area contributed by atoms with E-state index in [0.717, 1.165) is 6.07 Å². The Morgan fingerprint density at radius 1 is 1.42 bits per heavy atom. The molecule has 0 aliphatic heterocycles. The fourth-order valence-corrected chi connectivity index (χ4v) is 2.26. The predicted molar refractivity (Wildman–Crippen MR) is 72.8 cm³/mol. The van der Waals surface area contributed by atoms with Crippen LogP contribution in [0.1, 0.15) is 28.9 Å². The number of aromatic nitrogens is 1. The molecule has 0 radical (unpaired) electrons. The van der Waals surface area contributed by atoms with Gasteiger partial charge in [-0.05, 0) is 19.3 Å². The molecular formula is C12H15Cl2NO4. The molecule has 0 saturated heterocycles. The summed E-state index contributed by atoms with van der Waals surface area (Å²) in [6.45, 7) is 1.44. The van der Waals surface area contributed by atoms with Crippen molar-refractivity contribution in [2.24, 2.45) is 5.92 Å². The molecule has 1 heterocycles. The standard InChI is InChI=1S/C12H15Cl2NO4/c1-7-4-10(17)11(12(18)15(7)19)9(16)3-2-8(5-13)6-14/h4,8,17,19H,2-3,5-6H2,1H3. The first-order chi connectivity index (χ1) is 8.92. The van der Waals surface area contributed by atoms with Gasteiger partial charge in [0.25, 0.3) is 5.56 Å². The summed E-state index contributed by atoms with van der Waals surface area (Å²) in [4.78, 5) is 23.6. The molecule has 0 aliphatic carbocycles. The molecule has 5 nitrogen and oxygen atoms in total. The van der Waals surface area contributed by atoms with Crippen LogP contribution in [0.5, 0.6) is 5.75 Å². The van der Waals surface area contributed by atoms with Crippen molar-refractivity contribution in [1.29, 1.82) is 0 Å². The third-order valence-corrected chi connectivity index (χ3v) is 3.71. The summed E-state index contributed by atoms with van der Waals surface area (Å²) < 4.78 is 0.341. The van der Waals surface area contributed by atoms with Gasteiger partial charge in [-0.3, -0.25) is 9.59 Å². The topological polar surface area (TPSA) is 79.5 Å². The summed E-state index contributed by atoms with van der Waals surface area (Å²) in [6.07, 6.45) is 0.458. The van der Waals surface area contributed by atoms with Gasteiger partial charge in [-0.1, -0.05) is 0 Å². The highest BCUT2D eigenvalue weighted by atomic mass is 35.5. The number of hydrogen-bond donors (Lipinski definition) is 2. The van der Waals surface area contributed by atoms with E-state index < -0.39 is 22.7 Å². The molecule has 0 amide bonds. The van der Waals surface area contributed by atoms with Crippen molar-refractivity contribution in [1.82, 2.24) is 4.73 Å². The molecule has 0 spiro atoms. The number of aromatic hydroxyl groups is 1. The minimum atomic E-state index is -0.921. The summed E-state index contributed by atoms with van der Waals surface area (Å²) >= 11 is 11.3. The van der Waals surface area contributed by atoms with Gasteiger partial charge in [-0.15, -0.1) is 23.2 Å². The van der Waals surface area contributed by atoms with Crippen LogP contribution in [0.3, 0.4) is 0 Å². The number of carbonyl (C=O) groups excluding carboxylic acids is 1. The Kier molecular flexibility index (Phi) is 5.69. The van der Waals surface area contributed by atoms with Gasteiger partial charge < -0.3 is 10.3 Å². The number of carbonyl (C=O) groups is 1. The Hall–Kier alpha value is -1.20. The summed E-state index contributed by atoms with van der Waals surface area (Å²) in [6, 6.07) is 1.16. The number of aryl methyl sites for hydroxylation is 1. The highest BCUT2D eigenvalue weighted by Crippen LogP contribution is 2.19. The Morgan fingerprint density at radius 2 is 2.00 bits per heavy atom. The average molecular weight is 308 g/mol. The lowest BCUT2D eigenvalue weighted by molar-refractivity contribution is 0.0962. The highest BCUT2D eigenvalue weighted by molar-refractivity contribution is 6.20. The molecule has 0 unspecified atom stereocenters. The predicted octanol–water partition coefficient (Wildman–Crippen LogP) is 2.16. The number of alkyl halides is 2. The van der Waals surface area contributed by atoms with Crippen molar-refractivity contribution in [3.8, 4) is 5.75 Å². The van der Waals surface area contributed by atoms with Crippen molar-refractivity contribution < 1.29 is 15.1 Å². The van der Waals surface area contributed by atoms with E-state index in [2.05, 4.69) is 0 Å². The zero-order valence-corrected chi connectivity index (χ0v) is 11.9. The molecule has 1 aromatic rings. The van der Waals surface area contributed by atoms with E-state index in [1.807, 2.05) is 0 Å². The molecule has 1 aromatic heterocycles. The number of hydrogen-bond acceptors (Lipinski definition) is 4. The van der Waals surface area contributed by atoms with Crippen LogP contribution >= 0.6 is 23.2 Å². The second kappa shape index (κ2) is 6.82. The molecule has 0 saturated carbocycles. The minimum Gasteiger partial charge on any atom is -0.507 e. The van der Waals surface area contributed by atoms with Crippen LogP contribution in [0, 0.1) is 12.8 Å². The lowest BCUT2D eigenvalue weighted by Gasteiger charge is -2.10. The van der Waals surface area contributed by atoms with E-state index >= 15 is 0 Å². The van der Waals surface area contributed by atoms with E-state index in [0.29, 0.717) is 22.9 Å². The summed E-state index contributed by atoms with van der Waals surface area (Å²) in [5, 5.41) is 19.1. The first-order valence-corrected chi connectivity index (χ1v) is 6.79. The van der Waals surface area contributed by atoms with Crippen LogP contribution < -0.4 is 5.56 Å². The maximum Gasteiger partial charge on any atom is 0.297 e. The van der Waals surface area contributed by atoms with Crippen molar-refractivity contribution in [3.05, 3.63) is 27.7 Å². The second-order valence-corrected chi connectivity index (χ2v) is 4.92. The molecule has 2 N–H and O–H groups in total. The quantitative estimate of drug-likeness (QED) is 0.479. The summed E-state index contributed by atoms with van der Waals surface area (Å²) in [7, 11) is 0. The number of Topliss-reactive ketones (excluding diaryl/α,β-unsaturated/α-hetero) is 1. The zero-order chi connectivity index (χ0) is 14.6. The largest absolute Gasteiger partial charge is 0.507 e. The van der Waals surface area contributed by atoms with Crippen LogP contribution in [-0.2, 0) is 0 Å². The minimum absolute atomic E-state index is 0.0313. The lowest BCUT2D eigenvalue weighted by Crippen LogP contribution is -2.26. The number of pyridine rings is 1. The van der Waals surface area contributed by atoms with Crippen LogP contribution in [-0.4, -0.2) is 32.6 Å². The van der Waals surface area contributed by atoms with Gasteiger partial charge in [0.05, 0.1) is 5.69 Å². The van der Waals surface area contributed by atoms with E-state index in [-0.39, 0.29) is 18.0 Å². The number of rotatable bonds is 6. The van der Waals surface area contributed by atoms with E-state index in [4.69, 9.17) is 23.2 Å². The van der Waals surface area contributed by atoms with Gasteiger partial charge in [0.2, 0.25) is 0 Å². The SMILES string of the molecule is Cc1cc(O)c(C(=O)CCC(CCl)CCl)c(=O)n1O. The summed E-state index contributed by atoms with van der Waals surface area (Å²) in [5.41, 5.74) is -1.18. The van der Waals surface area contributed by atoms with Crippen molar-refractivity contribution in [2.45, 2.75) is 19.8 Å². The maximum absolute atomic E-state index is 11.9. The molecule has 0 bridgehead atoms. The number of nitrogens with zero attached hydrogens (tertiary/aromatic N) is 1. The molecule has 0 atom stereocenters. The first kappa shape index (κ1) is 15.9. The molecular weight excluding hydrogens is 293 g/mol. The fourth-order valence-electron chi connectivity index (χ4n) is 1.62. The van der Waals surface area contributed by atoms with E-state index in [1.165, 1.54) is 6.92 Å². The molecule has 106 valence electrons. The van der Waals surface area contributed by atoms with Crippen molar-refractivity contribution in [2.75, 3.05) is 11.8 Å². The zero-order valence-electron chi connectivity index (χ0n) is 10.4. The van der Waals surface area contributed by atoms with Crippen LogP contribution in [0.4, 0.5) is 0 Å². The average Bonchev–Trinajstić information content (AvgIpc) is 2.37. The number of halogens is 2. The van der Waals surface area contributed by atoms with Gasteiger partial charge in [0.15, 0.2) is 5.78 Å². The lowest BCUT2D eigenvalue weighted by atomic mass is 10.0.